The fraction of sp³-hybridized carbons (Fsp3) is 0.261. The third kappa shape index (κ3) is 3.12. The van der Waals surface area contributed by atoms with Gasteiger partial charge in [0, 0.05) is 24.0 Å². The van der Waals surface area contributed by atoms with Crippen LogP contribution >= 0.6 is 0 Å². The van der Waals surface area contributed by atoms with Crippen LogP contribution in [0.4, 0.5) is 0 Å². The first-order valence-electron chi connectivity index (χ1n) is 9.31. The van der Waals surface area contributed by atoms with Gasteiger partial charge in [0.15, 0.2) is 5.76 Å². The fourth-order valence-electron chi connectivity index (χ4n) is 3.57. The van der Waals surface area contributed by atoms with Crippen molar-refractivity contribution in [1.29, 1.82) is 0 Å². The molecule has 0 N–H and O–H groups in total. The number of aliphatic imine (C=N–C) groups is 1. The van der Waals surface area contributed by atoms with E-state index in [0.29, 0.717) is 18.6 Å². The van der Waals surface area contributed by atoms with Crippen LogP contribution in [-0.2, 0) is 4.79 Å². The Morgan fingerprint density at radius 1 is 1.04 bits per heavy atom. The number of aryl methyl sites for hydroxylation is 2. The van der Waals surface area contributed by atoms with Gasteiger partial charge in [-0.2, -0.15) is 0 Å². The molecule has 0 amide bonds. The van der Waals surface area contributed by atoms with E-state index in [0.717, 1.165) is 33.7 Å². The lowest BCUT2D eigenvalue weighted by molar-refractivity contribution is -0.119. The molecule has 0 saturated carbocycles. The Hall–Kier alpha value is -3.01. The zero-order valence-corrected chi connectivity index (χ0v) is 15.8. The van der Waals surface area contributed by atoms with Crippen molar-refractivity contribution in [2.45, 2.75) is 39.7 Å². The maximum atomic E-state index is 12.2. The average Bonchev–Trinajstić information content (AvgIpc) is 3.00. The van der Waals surface area contributed by atoms with E-state index in [2.05, 4.69) is 48.5 Å². The molecule has 0 saturated heterocycles. The van der Waals surface area contributed by atoms with E-state index >= 15 is 0 Å². The number of hydrogen-bond acceptors (Lipinski definition) is 4. The summed E-state index contributed by atoms with van der Waals surface area (Å²) < 4.78 is 5.68. The van der Waals surface area contributed by atoms with Crippen LogP contribution in [0.15, 0.2) is 58.0 Å². The molecule has 2 aromatic carbocycles. The van der Waals surface area contributed by atoms with Crippen LogP contribution in [0.25, 0.3) is 11.1 Å². The lowest BCUT2D eigenvalue weighted by Gasteiger charge is -2.12. The van der Waals surface area contributed by atoms with Crippen molar-refractivity contribution in [3.63, 3.8) is 0 Å². The van der Waals surface area contributed by atoms with E-state index in [1.165, 1.54) is 5.56 Å². The van der Waals surface area contributed by atoms with Crippen LogP contribution in [0.1, 0.15) is 54.0 Å². The molecule has 1 atom stereocenters. The van der Waals surface area contributed by atoms with Crippen LogP contribution < -0.4 is 0 Å². The second-order valence-electron chi connectivity index (χ2n) is 7.01. The van der Waals surface area contributed by atoms with Gasteiger partial charge >= 0.3 is 0 Å². The Labute approximate surface area is 158 Å². The van der Waals surface area contributed by atoms with Crippen LogP contribution in [-0.4, -0.2) is 16.7 Å². The van der Waals surface area contributed by atoms with Gasteiger partial charge in [0.1, 0.15) is 11.8 Å². The predicted molar refractivity (Wildman–Crippen MR) is 106 cm³/mol. The Morgan fingerprint density at radius 3 is 2.44 bits per heavy atom. The Kier molecular flexibility index (Phi) is 4.48. The molecule has 0 spiro atoms. The van der Waals surface area contributed by atoms with Crippen molar-refractivity contribution >= 4 is 11.5 Å². The zero-order valence-electron chi connectivity index (χ0n) is 15.8. The van der Waals surface area contributed by atoms with Crippen LogP contribution in [0.5, 0.6) is 0 Å². The molecule has 0 fully saturated rings. The molecule has 2 heterocycles. The zero-order chi connectivity index (χ0) is 19.0. The van der Waals surface area contributed by atoms with E-state index in [1.807, 2.05) is 26.0 Å². The van der Waals surface area contributed by atoms with E-state index in [9.17, 15) is 4.79 Å². The van der Waals surface area contributed by atoms with Gasteiger partial charge in [0.2, 0.25) is 0 Å². The smallest absolute Gasteiger partial charge is 0.169 e. The Bertz CT molecular complexity index is 1030. The topological polar surface area (TPSA) is 55.5 Å². The maximum Gasteiger partial charge on any atom is 0.169 e. The summed E-state index contributed by atoms with van der Waals surface area (Å²) in [5.41, 5.74) is 7.02. The number of Topliss-reactive ketones (excluding diaryl/α,β-unsaturated/α-hetero) is 1. The fourth-order valence-corrected chi connectivity index (χ4v) is 3.57. The first-order chi connectivity index (χ1) is 13.1. The number of carbonyl (C=O) groups excluding carboxylic acids is 1. The molecule has 1 aliphatic rings. The van der Waals surface area contributed by atoms with Gasteiger partial charge in [-0.3, -0.25) is 9.79 Å². The molecule has 1 aliphatic heterocycles. The highest BCUT2D eigenvalue weighted by Crippen LogP contribution is 2.40. The molecule has 27 heavy (non-hydrogen) atoms. The van der Waals surface area contributed by atoms with E-state index in [1.54, 1.807) is 0 Å². The Morgan fingerprint density at radius 2 is 1.74 bits per heavy atom. The summed E-state index contributed by atoms with van der Waals surface area (Å²) in [4.78, 5) is 17.3. The third-order valence-corrected chi connectivity index (χ3v) is 5.07. The largest absolute Gasteiger partial charge is 0.358 e. The third-order valence-electron chi connectivity index (χ3n) is 5.07. The highest BCUT2D eigenvalue weighted by atomic mass is 16.5. The standard InChI is InChI=1S/C23H22N2O2/c1-4-17(26)13-20-23-21(15(3)25-27-23)18-7-5-6-8-19(18)22(24-20)16-11-9-14(2)10-12-16/h5-12,20H,4,13H2,1-3H3/t20-/m0/s1. The summed E-state index contributed by atoms with van der Waals surface area (Å²) in [5.74, 6) is 0.849. The van der Waals surface area contributed by atoms with Gasteiger partial charge in [-0.25, -0.2) is 0 Å². The molecule has 4 rings (SSSR count). The number of carbonyl (C=O) groups is 1. The minimum atomic E-state index is -0.364. The van der Waals surface area contributed by atoms with Gasteiger partial charge in [-0.1, -0.05) is 66.2 Å². The van der Waals surface area contributed by atoms with Crippen LogP contribution in [0.2, 0.25) is 0 Å². The molecular formula is C23H22N2O2. The summed E-state index contributed by atoms with van der Waals surface area (Å²) in [7, 11) is 0. The summed E-state index contributed by atoms with van der Waals surface area (Å²) in [5, 5.41) is 4.18. The molecule has 3 aromatic rings. The van der Waals surface area contributed by atoms with Crippen molar-refractivity contribution in [3.05, 3.63) is 76.7 Å². The van der Waals surface area contributed by atoms with Crippen molar-refractivity contribution in [3.8, 4) is 11.1 Å². The molecule has 0 radical (unpaired) electrons. The quantitative estimate of drug-likeness (QED) is 0.642. The van der Waals surface area contributed by atoms with Crippen molar-refractivity contribution < 1.29 is 9.32 Å². The van der Waals surface area contributed by atoms with Gasteiger partial charge in [-0.15, -0.1) is 0 Å². The maximum absolute atomic E-state index is 12.2. The molecule has 0 bridgehead atoms. The van der Waals surface area contributed by atoms with E-state index < -0.39 is 0 Å². The summed E-state index contributed by atoms with van der Waals surface area (Å²) in [6.07, 6.45) is 0.808. The summed E-state index contributed by atoms with van der Waals surface area (Å²) in [6.45, 7) is 5.89. The van der Waals surface area contributed by atoms with Gasteiger partial charge in [0.25, 0.3) is 0 Å². The minimum absolute atomic E-state index is 0.165. The number of fused-ring (bicyclic) bond motifs is 3. The van der Waals surface area contributed by atoms with E-state index in [-0.39, 0.29) is 11.8 Å². The van der Waals surface area contributed by atoms with Gasteiger partial charge < -0.3 is 4.52 Å². The number of benzene rings is 2. The molecule has 4 heteroatoms. The molecule has 136 valence electrons. The monoisotopic (exact) mass is 358 g/mol. The van der Waals surface area contributed by atoms with Gasteiger partial charge in [0.05, 0.1) is 17.0 Å². The summed E-state index contributed by atoms with van der Waals surface area (Å²) in [6, 6.07) is 16.2. The molecule has 0 aliphatic carbocycles. The highest BCUT2D eigenvalue weighted by Gasteiger charge is 2.31. The van der Waals surface area contributed by atoms with Gasteiger partial charge in [-0.05, 0) is 19.4 Å². The lowest BCUT2D eigenvalue weighted by Crippen LogP contribution is -2.08. The molecule has 0 unspecified atom stereocenters. The lowest BCUT2D eigenvalue weighted by atomic mass is 9.92. The molecule has 1 aromatic heterocycles. The molecule has 4 nitrogen and oxygen atoms in total. The number of ketones is 1. The normalized spacial score (nSPS) is 15.5. The van der Waals surface area contributed by atoms with Crippen molar-refractivity contribution in [1.82, 2.24) is 5.16 Å². The predicted octanol–water partition coefficient (Wildman–Crippen LogP) is 5.22. The number of hydrogen-bond donors (Lipinski definition) is 0. The van der Waals surface area contributed by atoms with E-state index in [4.69, 9.17) is 9.52 Å². The average molecular weight is 358 g/mol. The highest BCUT2D eigenvalue weighted by molar-refractivity contribution is 6.17. The number of nitrogens with zero attached hydrogens (tertiary/aromatic N) is 2. The first-order valence-corrected chi connectivity index (χ1v) is 9.31. The molecular weight excluding hydrogens is 336 g/mol. The van der Waals surface area contributed by atoms with Crippen LogP contribution in [0, 0.1) is 13.8 Å². The SMILES string of the molecule is CCC(=O)C[C@@H]1N=C(c2ccc(C)cc2)c2ccccc2-c2c(C)noc21. The Balaban J connectivity index is 1.97. The first kappa shape index (κ1) is 17.4. The van der Waals surface area contributed by atoms with Crippen molar-refractivity contribution in [2.24, 2.45) is 4.99 Å². The minimum Gasteiger partial charge on any atom is -0.358 e. The summed E-state index contributed by atoms with van der Waals surface area (Å²) >= 11 is 0. The van der Waals surface area contributed by atoms with Crippen LogP contribution in [0.3, 0.4) is 0 Å². The number of rotatable bonds is 4. The van der Waals surface area contributed by atoms with Crippen molar-refractivity contribution in [2.75, 3.05) is 0 Å². The second kappa shape index (κ2) is 6.95. The number of aromatic nitrogens is 1. The second-order valence-corrected chi connectivity index (χ2v) is 7.01.